The fourth-order valence-electron chi connectivity index (χ4n) is 0.0598. The number of hydrogen-bond acceptors (Lipinski definition) is 2. The molecule has 1 atom stereocenters. The van der Waals surface area contributed by atoms with Crippen LogP contribution in [0.1, 0.15) is 19.8 Å². The van der Waals surface area contributed by atoms with E-state index in [-0.39, 0.29) is 6.61 Å². The Bertz CT molecular complexity index is 49.0. The van der Waals surface area contributed by atoms with Crippen LogP contribution in [0.5, 0.6) is 0 Å². The number of halogens is 2. The van der Waals surface area contributed by atoms with Crippen LogP contribution in [0.2, 0.25) is 0 Å². The summed E-state index contributed by atoms with van der Waals surface area (Å²) in [4.78, 5) is 0. The van der Waals surface area contributed by atoms with Gasteiger partial charge in [0.1, 0.15) is 5.56 Å². The first-order valence-corrected chi connectivity index (χ1v) is 4.15. The number of aliphatic hydroxyl groups is 2. The predicted octanol–water partition coefficient (Wildman–Crippen LogP) is 1.56. The van der Waals surface area contributed by atoms with Crippen LogP contribution in [-0.4, -0.2) is 28.3 Å². The molecule has 0 aromatic rings. The van der Waals surface area contributed by atoms with Gasteiger partial charge in [0.25, 0.3) is 0 Å². The lowest BCUT2D eigenvalue weighted by molar-refractivity contribution is 0.252. The average molecular weight is 189 g/mol. The molecule has 0 rings (SSSR count). The minimum absolute atomic E-state index is 0.212. The molecule has 2 N–H and O–H groups in total. The zero-order valence-electron chi connectivity index (χ0n) is 6.06. The lowest BCUT2D eigenvalue weighted by Crippen LogP contribution is -1.88. The molecule has 0 aromatic heterocycles. The minimum Gasteiger partial charge on any atom is -0.396 e. The number of rotatable bonds is 3. The SMILES string of the molecule is CCC(O)Cl.OCCCCl. The molecule has 4 heteroatoms. The van der Waals surface area contributed by atoms with Crippen molar-refractivity contribution in [3.8, 4) is 0 Å². The molecule has 0 saturated carbocycles. The second-order valence-corrected chi connectivity index (χ2v) is 2.49. The highest BCUT2D eigenvalue weighted by Gasteiger charge is 1.85. The fourth-order valence-corrected chi connectivity index (χ4v) is 0.179. The van der Waals surface area contributed by atoms with Gasteiger partial charge < -0.3 is 10.2 Å². The predicted molar refractivity (Wildman–Crippen MR) is 44.6 cm³/mol. The Morgan fingerprint density at radius 2 is 1.90 bits per heavy atom. The standard InChI is InChI=1S/2C3H7ClO/c1-2-3(4)5;4-2-1-3-5/h3,5H,2H2,1H3;5H,1-3H2. The Hall–Kier alpha value is 0.500. The second-order valence-electron chi connectivity index (χ2n) is 1.61. The van der Waals surface area contributed by atoms with Crippen molar-refractivity contribution in [2.75, 3.05) is 12.5 Å². The molecule has 0 fully saturated rings. The molecule has 2 nitrogen and oxygen atoms in total. The van der Waals surface area contributed by atoms with Gasteiger partial charge in [-0.25, -0.2) is 0 Å². The zero-order valence-corrected chi connectivity index (χ0v) is 7.57. The van der Waals surface area contributed by atoms with E-state index in [9.17, 15) is 0 Å². The monoisotopic (exact) mass is 188 g/mol. The maximum Gasteiger partial charge on any atom is 0.127 e. The van der Waals surface area contributed by atoms with Crippen LogP contribution in [0.25, 0.3) is 0 Å². The van der Waals surface area contributed by atoms with Crippen LogP contribution in [0.4, 0.5) is 0 Å². The largest absolute Gasteiger partial charge is 0.396 e. The Balaban J connectivity index is 0. The second kappa shape index (κ2) is 12.2. The normalized spacial score (nSPS) is 11.7. The number of hydrogen-bond donors (Lipinski definition) is 2. The average Bonchev–Trinajstić information content (AvgIpc) is 1.91. The van der Waals surface area contributed by atoms with E-state index in [1.807, 2.05) is 6.92 Å². The van der Waals surface area contributed by atoms with Crippen molar-refractivity contribution < 1.29 is 10.2 Å². The molecule has 0 aliphatic heterocycles. The zero-order chi connectivity index (χ0) is 8.41. The first kappa shape index (κ1) is 13.1. The van der Waals surface area contributed by atoms with Gasteiger partial charge in [-0.1, -0.05) is 18.5 Å². The van der Waals surface area contributed by atoms with E-state index in [1.165, 1.54) is 0 Å². The highest BCUT2D eigenvalue weighted by molar-refractivity contribution is 6.19. The van der Waals surface area contributed by atoms with E-state index in [0.717, 1.165) is 0 Å². The van der Waals surface area contributed by atoms with E-state index in [1.54, 1.807) is 0 Å². The van der Waals surface area contributed by atoms with Gasteiger partial charge in [-0.05, 0) is 12.8 Å². The third-order valence-electron chi connectivity index (χ3n) is 0.629. The molecule has 0 heterocycles. The number of aliphatic hydroxyl groups excluding tert-OH is 2. The summed E-state index contributed by atoms with van der Waals surface area (Å²) >= 11 is 10.2. The van der Waals surface area contributed by atoms with Crippen LogP contribution in [0.15, 0.2) is 0 Å². The van der Waals surface area contributed by atoms with Gasteiger partial charge >= 0.3 is 0 Å². The van der Waals surface area contributed by atoms with E-state index in [4.69, 9.17) is 33.4 Å². The van der Waals surface area contributed by atoms with Gasteiger partial charge in [0.15, 0.2) is 0 Å². The van der Waals surface area contributed by atoms with Crippen molar-refractivity contribution in [3.05, 3.63) is 0 Å². The maximum absolute atomic E-state index is 8.13. The molecule has 10 heavy (non-hydrogen) atoms. The first-order chi connectivity index (χ1) is 4.68. The van der Waals surface area contributed by atoms with Gasteiger partial charge in [0.05, 0.1) is 0 Å². The number of alkyl halides is 2. The molecule has 0 aliphatic rings. The van der Waals surface area contributed by atoms with Crippen molar-refractivity contribution in [1.82, 2.24) is 0 Å². The summed E-state index contributed by atoms with van der Waals surface area (Å²) in [6.45, 7) is 2.03. The quantitative estimate of drug-likeness (QED) is 0.661. The minimum atomic E-state index is -0.644. The molecule has 64 valence electrons. The van der Waals surface area contributed by atoms with Crippen LogP contribution in [0.3, 0.4) is 0 Å². The third-order valence-corrected chi connectivity index (χ3v) is 1.20. The summed E-state index contributed by atoms with van der Waals surface area (Å²) in [6, 6.07) is 0. The van der Waals surface area contributed by atoms with Crippen molar-refractivity contribution >= 4 is 23.2 Å². The summed E-state index contributed by atoms with van der Waals surface area (Å²) in [5, 5.41) is 16.1. The molecule has 0 spiro atoms. The van der Waals surface area contributed by atoms with Crippen LogP contribution in [0, 0.1) is 0 Å². The lowest BCUT2D eigenvalue weighted by atomic mass is 10.5. The molecule has 0 saturated heterocycles. The van der Waals surface area contributed by atoms with Gasteiger partial charge in [-0.2, -0.15) is 0 Å². The summed E-state index contributed by atoms with van der Waals surface area (Å²) in [5.41, 5.74) is -0.644. The smallest absolute Gasteiger partial charge is 0.127 e. The molecule has 1 unspecified atom stereocenters. The van der Waals surface area contributed by atoms with Crippen LogP contribution in [-0.2, 0) is 0 Å². The van der Waals surface area contributed by atoms with E-state index in [2.05, 4.69) is 0 Å². The molecular formula is C6H14Cl2O2. The van der Waals surface area contributed by atoms with Crippen LogP contribution < -0.4 is 0 Å². The molecule has 0 bridgehead atoms. The Kier molecular flexibility index (Phi) is 16.0. The third kappa shape index (κ3) is 23.6. The van der Waals surface area contributed by atoms with Crippen molar-refractivity contribution in [1.29, 1.82) is 0 Å². The highest BCUT2D eigenvalue weighted by Crippen LogP contribution is 1.91. The Morgan fingerprint density at radius 3 is 1.90 bits per heavy atom. The van der Waals surface area contributed by atoms with Crippen LogP contribution >= 0.6 is 23.2 Å². The van der Waals surface area contributed by atoms with Gasteiger partial charge in [-0.15, -0.1) is 11.6 Å². The van der Waals surface area contributed by atoms with Gasteiger partial charge in [0, 0.05) is 12.5 Å². The summed E-state index contributed by atoms with van der Waals surface area (Å²) in [6.07, 6.45) is 1.34. The lowest BCUT2D eigenvalue weighted by Gasteiger charge is -1.87. The van der Waals surface area contributed by atoms with E-state index < -0.39 is 5.56 Å². The topological polar surface area (TPSA) is 40.5 Å². The van der Waals surface area contributed by atoms with E-state index >= 15 is 0 Å². The summed E-state index contributed by atoms with van der Waals surface area (Å²) in [5.74, 6) is 0.566. The van der Waals surface area contributed by atoms with E-state index in [0.29, 0.717) is 18.7 Å². The molecule has 0 radical (unpaired) electrons. The Morgan fingerprint density at radius 1 is 1.50 bits per heavy atom. The molecule has 0 amide bonds. The van der Waals surface area contributed by atoms with Gasteiger partial charge in [0.2, 0.25) is 0 Å². The summed E-state index contributed by atoms with van der Waals surface area (Å²) in [7, 11) is 0. The van der Waals surface area contributed by atoms with Crippen molar-refractivity contribution in [3.63, 3.8) is 0 Å². The molecule has 0 aromatic carbocycles. The van der Waals surface area contributed by atoms with Gasteiger partial charge in [-0.3, -0.25) is 0 Å². The maximum atomic E-state index is 8.13. The molecular weight excluding hydrogens is 175 g/mol. The first-order valence-electron chi connectivity index (χ1n) is 3.18. The molecule has 0 aliphatic carbocycles. The highest BCUT2D eigenvalue weighted by atomic mass is 35.5. The van der Waals surface area contributed by atoms with Crippen molar-refractivity contribution in [2.24, 2.45) is 0 Å². The summed E-state index contributed by atoms with van der Waals surface area (Å²) < 4.78 is 0. The fraction of sp³-hybridized carbons (Fsp3) is 1.00. The van der Waals surface area contributed by atoms with Crippen molar-refractivity contribution in [2.45, 2.75) is 25.3 Å². The Labute approximate surface area is 71.8 Å².